The van der Waals surface area contributed by atoms with Gasteiger partial charge in [0.1, 0.15) is 0 Å². The molecular weight excluding hydrogens is 200 g/mol. The van der Waals surface area contributed by atoms with E-state index in [1.807, 2.05) is 12.4 Å². The summed E-state index contributed by atoms with van der Waals surface area (Å²) in [4.78, 5) is 6.74. The van der Waals surface area contributed by atoms with Gasteiger partial charge in [-0.15, -0.1) is 0 Å². The van der Waals surface area contributed by atoms with Crippen LogP contribution in [0.3, 0.4) is 0 Å². The number of imidazole rings is 1. The number of hydrogen-bond acceptors (Lipinski definition) is 3. The van der Waals surface area contributed by atoms with Crippen LogP contribution in [-0.2, 0) is 6.54 Å². The fourth-order valence-electron chi connectivity index (χ4n) is 1.80. The Hall–Kier alpha value is -1.03. The van der Waals surface area contributed by atoms with Gasteiger partial charge in [-0.1, -0.05) is 13.8 Å². The van der Waals surface area contributed by atoms with Gasteiger partial charge in [0.05, 0.1) is 0 Å². The normalized spacial score (nSPS) is 11.0. The zero-order chi connectivity index (χ0) is 11.8. The van der Waals surface area contributed by atoms with Crippen LogP contribution in [0.2, 0.25) is 0 Å². The molecule has 0 bridgehead atoms. The minimum Gasteiger partial charge on any atom is -0.354 e. The average Bonchev–Trinajstić information content (AvgIpc) is 2.75. The van der Waals surface area contributed by atoms with Crippen molar-refractivity contribution >= 4 is 5.95 Å². The fourth-order valence-corrected chi connectivity index (χ4v) is 1.80. The highest BCUT2D eigenvalue weighted by molar-refractivity contribution is 5.25. The highest BCUT2D eigenvalue weighted by atomic mass is 15.2. The largest absolute Gasteiger partial charge is 0.354 e. The minimum absolute atomic E-state index is 0.963. The van der Waals surface area contributed by atoms with E-state index in [2.05, 4.69) is 40.5 Å². The predicted octanol–water partition coefficient (Wildman–Crippen LogP) is 2.05. The molecule has 0 unspecified atom stereocenters. The topological polar surface area (TPSA) is 33.1 Å². The summed E-state index contributed by atoms with van der Waals surface area (Å²) in [5.74, 6) is 0.982. The van der Waals surface area contributed by atoms with Crippen LogP contribution in [0.5, 0.6) is 0 Å². The summed E-state index contributed by atoms with van der Waals surface area (Å²) >= 11 is 0. The Labute approximate surface area is 98.7 Å². The minimum atomic E-state index is 0.963. The van der Waals surface area contributed by atoms with E-state index >= 15 is 0 Å². The molecule has 0 aliphatic carbocycles. The molecule has 16 heavy (non-hydrogen) atoms. The van der Waals surface area contributed by atoms with Crippen LogP contribution in [-0.4, -0.2) is 40.6 Å². The van der Waals surface area contributed by atoms with Gasteiger partial charge in [-0.3, -0.25) is 0 Å². The van der Waals surface area contributed by atoms with Crippen molar-refractivity contribution < 1.29 is 0 Å². The first kappa shape index (κ1) is 13.0. The van der Waals surface area contributed by atoms with Crippen molar-refractivity contribution in [2.45, 2.75) is 33.7 Å². The summed E-state index contributed by atoms with van der Waals surface area (Å²) in [5.41, 5.74) is 0. The molecule has 1 aromatic rings. The van der Waals surface area contributed by atoms with Gasteiger partial charge < -0.3 is 14.8 Å². The van der Waals surface area contributed by atoms with Gasteiger partial charge in [-0.25, -0.2) is 4.98 Å². The summed E-state index contributed by atoms with van der Waals surface area (Å²) < 4.78 is 2.12. The molecule has 4 nitrogen and oxygen atoms in total. The molecule has 0 radical (unpaired) electrons. The van der Waals surface area contributed by atoms with Gasteiger partial charge >= 0.3 is 0 Å². The van der Waals surface area contributed by atoms with Crippen molar-refractivity contribution in [3.63, 3.8) is 0 Å². The molecule has 0 atom stereocenters. The first-order valence-corrected chi connectivity index (χ1v) is 6.29. The molecule has 1 aromatic heterocycles. The quantitative estimate of drug-likeness (QED) is 0.733. The third kappa shape index (κ3) is 3.85. The molecule has 0 aromatic carbocycles. The van der Waals surface area contributed by atoms with E-state index in [1.54, 1.807) is 0 Å². The highest BCUT2D eigenvalue weighted by Gasteiger charge is 2.02. The molecule has 0 aliphatic heterocycles. The number of rotatable bonds is 8. The second-order valence-electron chi connectivity index (χ2n) is 3.90. The molecule has 0 saturated carbocycles. The van der Waals surface area contributed by atoms with Gasteiger partial charge in [-0.05, 0) is 26.4 Å². The lowest BCUT2D eigenvalue weighted by Crippen LogP contribution is -2.30. The summed E-state index contributed by atoms with van der Waals surface area (Å²) in [6, 6.07) is 0. The maximum atomic E-state index is 4.29. The Kier molecular flexibility index (Phi) is 5.93. The summed E-state index contributed by atoms with van der Waals surface area (Å²) in [7, 11) is 0. The third-order valence-corrected chi connectivity index (χ3v) is 2.75. The number of aryl methyl sites for hydroxylation is 1. The number of nitrogens with zero attached hydrogens (tertiary/aromatic N) is 3. The number of aromatic nitrogens is 2. The molecule has 0 amide bonds. The van der Waals surface area contributed by atoms with Crippen LogP contribution in [0, 0.1) is 0 Å². The van der Waals surface area contributed by atoms with Crippen LogP contribution in [0.15, 0.2) is 12.4 Å². The van der Waals surface area contributed by atoms with E-state index in [0.29, 0.717) is 0 Å². The number of nitrogens with one attached hydrogen (secondary N) is 1. The first-order valence-electron chi connectivity index (χ1n) is 6.29. The van der Waals surface area contributed by atoms with Crippen molar-refractivity contribution in [3.05, 3.63) is 12.4 Å². The molecule has 0 fully saturated rings. The Bertz CT molecular complexity index is 282. The number of anilines is 1. The van der Waals surface area contributed by atoms with E-state index < -0.39 is 0 Å². The lowest BCUT2D eigenvalue weighted by molar-refractivity contribution is 0.299. The zero-order valence-electron chi connectivity index (χ0n) is 10.7. The van der Waals surface area contributed by atoms with Crippen LogP contribution < -0.4 is 5.32 Å². The molecule has 1 N–H and O–H groups in total. The van der Waals surface area contributed by atoms with Crippen LogP contribution in [0.25, 0.3) is 0 Å². The molecule has 0 spiro atoms. The van der Waals surface area contributed by atoms with E-state index in [4.69, 9.17) is 0 Å². The summed E-state index contributed by atoms with van der Waals surface area (Å²) in [5, 5.41) is 3.38. The Morgan fingerprint density at radius 2 is 2.12 bits per heavy atom. The molecule has 92 valence electrons. The zero-order valence-corrected chi connectivity index (χ0v) is 10.7. The molecule has 1 heterocycles. The molecular formula is C12H24N4. The maximum Gasteiger partial charge on any atom is 0.202 e. The predicted molar refractivity (Wildman–Crippen MR) is 68.8 cm³/mol. The van der Waals surface area contributed by atoms with Crippen molar-refractivity contribution in [2.24, 2.45) is 0 Å². The maximum absolute atomic E-state index is 4.29. The summed E-state index contributed by atoms with van der Waals surface area (Å²) in [6.45, 7) is 11.9. The second kappa shape index (κ2) is 7.28. The average molecular weight is 224 g/mol. The van der Waals surface area contributed by atoms with E-state index in [0.717, 1.165) is 32.1 Å². The van der Waals surface area contributed by atoms with E-state index in [-0.39, 0.29) is 0 Å². The standard InChI is InChI=1S/C12H24N4/c1-4-9-15(5-2)10-7-13-12-14-8-11-16(12)6-3/h8,11H,4-7,9-10H2,1-3H3,(H,13,14). The number of hydrogen-bond donors (Lipinski definition) is 1. The number of likely N-dealkylation sites (N-methyl/N-ethyl adjacent to an activating group) is 1. The van der Waals surface area contributed by atoms with Crippen molar-refractivity contribution in [3.8, 4) is 0 Å². The van der Waals surface area contributed by atoms with Crippen molar-refractivity contribution in [1.29, 1.82) is 0 Å². The lowest BCUT2D eigenvalue weighted by Gasteiger charge is -2.19. The van der Waals surface area contributed by atoms with Crippen molar-refractivity contribution in [1.82, 2.24) is 14.5 Å². The van der Waals surface area contributed by atoms with Gasteiger partial charge in [0.25, 0.3) is 0 Å². The van der Waals surface area contributed by atoms with Gasteiger partial charge in [0, 0.05) is 32.0 Å². The van der Waals surface area contributed by atoms with Gasteiger partial charge in [-0.2, -0.15) is 0 Å². The van der Waals surface area contributed by atoms with Gasteiger partial charge in [0.15, 0.2) is 0 Å². The Morgan fingerprint density at radius 1 is 1.31 bits per heavy atom. The second-order valence-corrected chi connectivity index (χ2v) is 3.90. The Morgan fingerprint density at radius 3 is 2.75 bits per heavy atom. The highest BCUT2D eigenvalue weighted by Crippen LogP contribution is 2.03. The van der Waals surface area contributed by atoms with Gasteiger partial charge in [0.2, 0.25) is 5.95 Å². The molecule has 0 aliphatic rings. The monoisotopic (exact) mass is 224 g/mol. The van der Waals surface area contributed by atoms with E-state index in [1.165, 1.54) is 13.0 Å². The summed E-state index contributed by atoms with van der Waals surface area (Å²) in [6.07, 6.45) is 5.07. The lowest BCUT2D eigenvalue weighted by atomic mass is 10.4. The first-order chi connectivity index (χ1) is 7.81. The van der Waals surface area contributed by atoms with Crippen LogP contribution in [0.4, 0.5) is 5.95 Å². The van der Waals surface area contributed by atoms with Crippen LogP contribution >= 0.6 is 0 Å². The molecule has 4 heteroatoms. The molecule has 0 saturated heterocycles. The molecule has 1 rings (SSSR count). The SMILES string of the molecule is CCCN(CC)CCNc1nccn1CC. The third-order valence-electron chi connectivity index (χ3n) is 2.75. The van der Waals surface area contributed by atoms with Crippen molar-refractivity contribution in [2.75, 3.05) is 31.5 Å². The smallest absolute Gasteiger partial charge is 0.202 e. The fraction of sp³-hybridized carbons (Fsp3) is 0.750. The van der Waals surface area contributed by atoms with Crippen LogP contribution in [0.1, 0.15) is 27.2 Å². The Balaban J connectivity index is 2.29. The van der Waals surface area contributed by atoms with E-state index in [9.17, 15) is 0 Å².